The van der Waals surface area contributed by atoms with E-state index in [1.807, 2.05) is 0 Å². The summed E-state index contributed by atoms with van der Waals surface area (Å²) in [7, 11) is 0. The van der Waals surface area contributed by atoms with Crippen LogP contribution in [0.5, 0.6) is 0 Å². The number of carboxylic acids is 1. The molecule has 122 valence electrons. The summed E-state index contributed by atoms with van der Waals surface area (Å²) in [5.74, 6) is -4.84. The molecule has 0 spiro atoms. The van der Waals surface area contributed by atoms with Crippen LogP contribution in [0.15, 0.2) is 12.1 Å². The molecule has 1 fully saturated rings. The van der Waals surface area contributed by atoms with E-state index in [9.17, 15) is 23.1 Å². The molecule has 2 nitrogen and oxygen atoms in total. The van der Waals surface area contributed by atoms with Crippen LogP contribution in [0.2, 0.25) is 0 Å². The summed E-state index contributed by atoms with van der Waals surface area (Å²) in [5.41, 5.74) is -1.27. The molecular weight excluding hydrogens is 293 g/mol. The Labute approximate surface area is 128 Å². The van der Waals surface area contributed by atoms with Gasteiger partial charge in [-0.05, 0) is 49.3 Å². The fourth-order valence-corrected chi connectivity index (χ4v) is 3.41. The first-order chi connectivity index (χ1) is 10.4. The monoisotopic (exact) mass is 314 g/mol. The number of unbranched alkanes of at least 4 members (excludes halogenated alkanes) is 1. The van der Waals surface area contributed by atoms with Crippen LogP contribution in [0.3, 0.4) is 0 Å². The van der Waals surface area contributed by atoms with E-state index in [1.54, 1.807) is 0 Å². The molecule has 1 aliphatic carbocycles. The smallest absolute Gasteiger partial charge is 0.314 e. The SMILES string of the molecule is CCCCC1CCC(C(=O)O)(c2cc(F)c(F)c(F)c2)CC1. The Morgan fingerprint density at radius 1 is 1.23 bits per heavy atom. The molecule has 0 unspecified atom stereocenters. The summed E-state index contributed by atoms with van der Waals surface area (Å²) in [5, 5.41) is 9.62. The molecule has 1 N–H and O–H groups in total. The number of hydrogen-bond donors (Lipinski definition) is 1. The number of aliphatic carboxylic acids is 1. The first kappa shape index (κ1) is 16.8. The number of rotatable bonds is 5. The van der Waals surface area contributed by atoms with E-state index in [0.717, 1.165) is 31.4 Å². The third kappa shape index (κ3) is 3.13. The van der Waals surface area contributed by atoms with Crippen molar-refractivity contribution in [3.63, 3.8) is 0 Å². The van der Waals surface area contributed by atoms with E-state index < -0.39 is 28.8 Å². The van der Waals surface area contributed by atoms with Gasteiger partial charge in [0.1, 0.15) is 0 Å². The summed E-state index contributed by atoms with van der Waals surface area (Å²) >= 11 is 0. The predicted octanol–water partition coefficient (Wildman–Crippen LogP) is 4.81. The van der Waals surface area contributed by atoms with Gasteiger partial charge in [-0.25, -0.2) is 13.2 Å². The second kappa shape index (κ2) is 6.71. The molecule has 0 radical (unpaired) electrons. The molecule has 0 aromatic heterocycles. The number of benzene rings is 1. The fraction of sp³-hybridized carbons (Fsp3) is 0.588. The summed E-state index contributed by atoms with van der Waals surface area (Å²) < 4.78 is 40.0. The van der Waals surface area contributed by atoms with Gasteiger partial charge in [0.15, 0.2) is 17.5 Å². The highest BCUT2D eigenvalue weighted by Crippen LogP contribution is 2.43. The Morgan fingerprint density at radius 2 is 1.77 bits per heavy atom. The maximum absolute atomic E-state index is 13.5. The Kier molecular flexibility index (Phi) is 5.14. The highest BCUT2D eigenvalue weighted by Gasteiger charge is 2.44. The van der Waals surface area contributed by atoms with Gasteiger partial charge in [0.2, 0.25) is 0 Å². The molecule has 1 saturated carbocycles. The average Bonchev–Trinajstić information content (AvgIpc) is 2.50. The Hall–Kier alpha value is -1.52. The Balaban J connectivity index is 2.26. The van der Waals surface area contributed by atoms with Gasteiger partial charge in [-0.1, -0.05) is 26.2 Å². The van der Waals surface area contributed by atoms with Crippen LogP contribution < -0.4 is 0 Å². The van der Waals surface area contributed by atoms with E-state index in [0.29, 0.717) is 31.6 Å². The van der Waals surface area contributed by atoms with Crippen LogP contribution in [0.25, 0.3) is 0 Å². The minimum absolute atomic E-state index is 0.0327. The van der Waals surface area contributed by atoms with Gasteiger partial charge in [-0.2, -0.15) is 0 Å². The minimum Gasteiger partial charge on any atom is -0.481 e. The largest absolute Gasteiger partial charge is 0.481 e. The summed E-state index contributed by atoms with van der Waals surface area (Å²) in [6.45, 7) is 2.11. The summed E-state index contributed by atoms with van der Waals surface area (Å²) in [6, 6.07) is 1.66. The third-order valence-corrected chi connectivity index (χ3v) is 4.87. The van der Waals surface area contributed by atoms with Crippen molar-refractivity contribution in [3.8, 4) is 0 Å². The topological polar surface area (TPSA) is 37.3 Å². The molecule has 5 heteroatoms. The second-order valence-corrected chi connectivity index (χ2v) is 6.23. The molecule has 0 aliphatic heterocycles. The van der Waals surface area contributed by atoms with E-state index in [2.05, 4.69) is 6.92 Å². The normalized spacial score (nSPS) is 25.2. The van der Waals surface area contributed by atoms with Crippen molar-refractivity contribution in [3.05, 3.63) is 35.1 Å². The van der Waals surface area contributed by atoms with Crippen LogP contribution in [0.1, 0.15) is 57.4 Å². The second-order valence-electron chi connectivity index (χ2n) is 6.23. The van der Waals surface area contributed by atoms with E-state index in [1.165, 1.54) is 0 Å². The van der Waals surface area contributed by atoms with Gasteiger partial charge in [0, 0.05) is 0 Å². The van der Waals surface area contributed by atoms with E-state index >= 15 is 0 Å². The van der Waals surface area contributed by atoms with Crippen molar-refractivity contribution < 1.29 is 23.1 Å². The Bertz CT molecular complexity index is 526. The lowest BCUT2D eigenvalue weighted by Crippen LogP contribution is -2.40. The molecule has 0 amide bonds. The molecule has 1 aromatic carbocycles. The Morgan fingerprint density at radius 3 is 2.23 bits per heavy atom. The van der Waals surface area contributed by atoms with Crippen LogP contribution in [0, 0.1) is 23.4 Å². The zero-order valence-electron chi connectivity index (χ0n) is 12.7. The highest BCUT2D eigenvalue weighted by atomic mass is 19.2. The van der Waals surface area contributed by atoms with Gasteiger partial charge in [0.25, 0.3) is 0 Å². The van der Waals surface area contributed by atoms with Gasteiger partial charge >= 0.3 is 5.97 Å². The van der Waals surface area contributed by atoms with Gasteiger partial charge in [0.05, 0.1) is 5.41 Å². The molecule has 0 heterocycles. The van der Waals surface area contributed by atoms with Crippen molar-refractivity contribution in [2.75, 3.05) is 0 Å². The lowest BCUT2D eigenvalue weighted by molar-refractivity contribution is -0.145. The highest BCUT2D eigenvalue weighted by molar-refractivity contribution is 5.81. The zero-order chi connectivity index (χ0) is 16.3. The zero-order valence-corrected chi connectivity index (χ0v) is 12.7. The summed E-state index contributed by atoms with van der Waals surface area (Å²) in [4.78, 5) is 11.8. The first-order valence-corrected chi connectivity index (χ1v) is 7.79. The maximum Gasteiger partial charge on any atom is 0.314 e. The van der Waals surface area contributed by atoms with Crippen molar-refractivity contribution in [1.82, 2.24) is 0 Å². The number of hydrogen-bond acceptors (Lipinski definition) is 1. The maximum atomic E-state index is 13.5. The van der Waals surface area contributed by atoms with E-state index in [-0.39, 0.29) is 5.56 Å². The summed E-state index contributed by atoms with van der Waals surface area (Å²) in [6.07, 6.45) is 5.35. The molecular formula is C17H21F3O2. The van der Waals surface area contributed by atoms with Crippen LogP contribution in [-0.4, -0.2) is 11.1 Å². The lowest BCUT2D eigenvalue weighted by Gasteiger charge is -2.37. The minimum atomic E-state index is -1.55. The van der Waals surface area contributed by atoms with Gasteiger partial charge in [-0.15, -0.1) is 0 Å². The number of carbonyl (C=O) groups is 1. The third-order valence-electron chi connectivity index (χ3n) is 4.87. The molecule has 0 saturated heterocycles. The van der Waals surface area contributed by atoms with Crippen molar-refractivity contribution in [2.24, 2.45) is 5.92 Å². The van der Waals surface area contributed by atoms with Crippen molar-refractivity contribution >= 4 is 5.97 Å². The van der Waals surface area contributed by atoms with Crippen LogP contribution in [-0.2, 0) is 10.2 Å². The molecule has 0 bridgehead atoms. The van der Waals surface area contributed by atoms with Gasteiger partial charge in [-0.3, -0.25) is 4.79 Å². The fourth-order valence-electron chi connectivity index (χ4n) is 3.41. The van der Waals surface area contributed by atoms with Crippen molar-refractivity contribution in [2.45, 2.75) is 57.3 Å². The number of halogens is 3. The number of carboxylic acid groups (broad SMARTS) is 1. The van der Waals surface area contributed by atoms with Crippen LogP contribution in [0.4, 0.5) is 13.2 Å². The predicted molar refractivity (Wildman–Crippen MR) is 77.1 cm³/mol. The van der Waals surface area contributed by atoms with E-state index in [4.69, 9.17) is 0 Å². The van der Waals surface area contributed by atoms with Crippen molar-refractivity contribution in [1.29, 1.82) is 0 Å². The standard InChI is InChI=1S/C17H21F3O2/c1-2-3-4-11-5-7-17(8-6-11,16(21)22)12-9-13(18)15(20)14(19)10-12/h9-11H,2-8H2,1H3,(H,21,22). The average molecular weight is 314 g/mol. The molecule has 1 aliphatic rings. The van der Waals surface area contributed by atoms with Crippen LogP contribution >= 0.6 is 0 Å². The quantitative estimate of drug-likeness (QED) is 0.792. The van der Waals surface area contributed by atoms with Gasteiger partial charge < -0.3 is 5.11 Å². The molecule has 22 heavy (non-hydrogen) atoms. The first-order valence-electron chi connectivity index (χ1n) is 7.79. The molecule has 0 atom stereocenters. The molecule has 1 aromatic rings. The lowest BCUT2D eigenvalue weighted by atomic mass is 9.66. The molecule has 2 rings (SSSR count).